The maximum absolute atomic E-state index is 5.25. The number of hydrogen-bond acceptors (Lipinski definition) is 0. The van der Waals surface area contributed by atoms with E-state index in [1.165, 1.54) is 36.8 Å². The second-order valence-electron chi connectivity index (χ2n) is 4.06. The van der Waals surface area contributed by atoms with E-state index in [0.29, 0.717) is 0 Å². The standard InChI is InChI=1S/C10H12.C4H8.BH/c1-8(2)10-6-4-9(3)5-7-10;1-2-4-3-1;/h4-7H,1H2,2-3H3;1-4H2;1H/i;;1D. The van der Waals surface area contributed by atoms with E-state index in [1.54, 1.807) is 0 Å². The Morgan fingerprint density at radius 2 is 1.53 bits per heavy atom. The van der Waals surface area contributed by atoms with Gasteiger partial charge in [-0.25, -0.2) is 0 Å². The molecule has 0 aliphatic heterocycles. The molecule has 80 valence electrons. The van der Waals surface area contributed by atoms with Gasteiger partial charge in [-0.05, 0) is 20.7 Å². The van der Waals surface area contributed by atoms with Crippen LogP contribution in [0.2, 0.25) is 0 Å². The van der Waals surface area contributed by atoms with Gasteiger partial charge in [-0.2, -0.15) is 0 Å². The Hall–Kier alpha value is -0.975. The second kappa shape index (κ2) is 7.33. The van der Waals surface area contributed by atoms with Crippen molar-refractivity contribution in [2.45, 2.75) is 39.5 Å². The molecule has 0 bridgehead atoms. The predicted octanol–water partition coefficient (Wildman–Crippen LogP) is 3.94. The average Bonchev–Trinajstić information content (AvgIpc) is 2.19. The van der Waals surface area contributed by atoms with Gasteiger partial charge < -0.3 is 0 Å². The Bertz CT molecular complexity index is 282. The number of allylic oxidation sites excluding steroid dienone is 1. The maximum Gasteiger partial charge on any atom is 0.0379 e. The van der Waals surface area contributed by atoms with Crippen LogP contribution in [0, 0.1) is 6.92 Å². The maximum atomic E-state index is 5.25. The Morgan fingerprint density at radius 1 is 1.13 bits per heavy atom. The molecule has 1 aromatic carbocycles. The van der Waals surface area contributed by atoms with Crippen molar-refractivity contribution in [3.63, 3.8) is 0 Å². The van der Waals surface area contributed by atoms with Gasteiger partial charge in [-0.1, -0.05) is 67.7 Å². The van der Waals surface area contributed by atoms with Crippen LogP contribution in [0.15, 0.2) is 30.8 Å². The van der Waals surface area contributed by atoms with Crippen LogP contribution in [0.1, 0.15) is 43.7 Å². The molecule has 0 saturated heterocycles. The first kappa shape index (κ1) is 12.1. The Kier molecular flexibility index (Phi) is 5.91. The lowest BCUT2D eigenvalue weighted by Gasteiger charge is -2.05. The molecule has 0 unspecified atom stereocenters. The summed E-state index contributed by atoms with van der Waals surface area (Å²) in [5.41, 5.74) is 3.65. The van der Waals surface area contributed by atoms with Crippen molar-refractivity contribution in [1.29, 1.82) is 1.34 Å². The fourth-order valence-electron chi connectivity index (χ4n) is 1.09. The molecule has 0 amide bonds. The summed E-state index contributed by atoms with van der Waals surface area (Å²) in [6.45, 7) is 7.96. The van der Waals surface area contributed by atoms with Gasteiger partial charge in [-0.15, -0.1) is 0 Å². The molecule has 1 saturated carbocycles. The molecule has 0 heterocycles. The van der Waals surface area contributed by atoms with Gasteiger partial charge in [0, 0.05) is 8.38 Å². The van der Waals surface area contributed by atoms with Crippen LogP contribution in [0.4, 0.5) is 0 Å². The average molecular weight is 201 g/mol. The third-order valence-corrected chi connectivity index (χ3v) is 2.54. The second-order valence-corrected chi connectivity index (χ2v) is 4.06. The minimum absolute atomic E-state index is 1.13. The number of hydrogen-bond donors (Lipinski definition) is 0. The van der Waals surface area contributed by atoms with Crippen molar-refractivity contribution in [2.24, 2.45) is 0 Å². The van der Waals surface area contributed by atoms with Gasteiger partial charge >= 0.3 is 0 Å². The van der Waals surface area contributed by atoms with Crippen LogP contribution in [-0.2, 0) is 0 Å². The van der Waals surface area contributed by atoms with Crippen LogP contribution in [0.25, 0.3) is 5.57 Å². The first-order chi connectivity index (χ1) is 7.70. The van der Waals surface area contributed by atoms with Crippen molar-refractivity contribution in [1.82, 2.24) is 0 Å². The molecular weight excluding hydrogens is 179 g/mol. The van der Waals surface area contributed by atoms with Gasteiger partial charge in [0.25, 0.3) is 0 Å². The van der Waals surface area contributed by atoms with Gasteiger partial charge in [0.15, 0.2) is 0 Å². The van der Waals surface area contributed by atoms with Crippen molar-refractivity contribution in [3.8, 4) is 0 Å². The molecule has 2 radical (unpaired) electrons. The van der Waals surface area contributed by atoms with Gasteiger partial charge in [-0.3, -0.25) is 0 Å². The third-order valence-electron chi connectivity index (χ3n) is 2.54. The van der Waals surface area contributed by atoms with E-state index in [2.05, 4.69) is 46.1 Å². The van der Waals surface area contributed by atoms with Gasteiger partial charge in [0.1, 0.15) is 0 Å². The Morgan fingerprint density at radius 3 is 1.80 bits per heavy atom. The molecule has 0 aromatic heterocycles. The van der Waals surface area contributed by atoms with E-state index in [9.17, 15) is 0 Å². The molecule has 1 fully saturated rings. The monoisotopic (exact) mass is 201 g/mol. The Balaban J connectivity index is 0.000000311. The highest BCUT2D eigenvalue weighted by molar-refractivity contribution is 5.75. The minimum atomic E-state index is 1.13. The van der Waals surface area contributed by atoms with Crippen LogP contribution >= 0.6 is 0 Å². The summed E-state index contributed by atoms with van der Waals surface area (Å²) in [7, 11) is 3.75. The lowest BCUT2D eigenvalue weighted by atomic mass is 10.0. The van der Waals surface area contributed by atoms with E-state index in [0.717, 1.165) is 5.57 Å². The predicted molar refractivity (Wildman–Crippen MR) is 71.5 cm³/mol. The van der Waals surface area contributed by atoms with Crippen molar-refractivity contribution in [3.05, 3.63) is 42.0 Å². The lowest BCUT2D eigenvalue weighted by Crippen LogP contribution is -1.85. The molecular formula is C14H21B. The summed E-state index contributed by atoms with van der Waals surface area (Å²) in [5, 5.41) is 0. The largest absolute Gasteiger partial charge is 0.0955 e. The number of aryl methyl sites for hydroxylation is 1. The fourth-order valence-corrected chi connectivity index (χ4v) is 1.09. The smallest absolute Gasteiger partial charge is 0.0379 e. The van der Waals surface area contributed by atoms with Gasteiger partial charge in [0.2, 0.25) is 0 Å². The van der Waals surface area contributed by atoms with Crippen molar-refractivity contribution >= 4 is 13.9 Å². The molecule has 0 atom stereocenters. The molecule has 1 aromatic rings. The summed E-state index contributed by atoms with van der Waals surface area (Å²) < 4.78 is 5.25. The zero-order chi connectivity index (χ0) is 12.4. The number of rotatable bonds is 1. The summed E-state index contributed by atoms with van der Waals surface area (Å²) in [5.74, 6) is 0. The van der Waals surface area contributed by atoms with Crippen LogP contribution in [0.5, 0.6) is 0 Å². The highest BCUT2D eigenvalue weighted by atomic mass is 14.0. The lowest BCUT2D eigenvalue weighted by molar-refractivity contribution is 0.504. The van der Waals surface area contributed by atoms with Crippen molar-refractivity contribution < 1.29 is 0 Å². The molecule has 1 heteroatoms. The fraction of sp³-hybridized carbons (Fsp3) is 0.429. The number of benzene rings is 1. The topological polar surface area (TPSA) is 0 Å². The summed E-state index contributed by atoms with van der Waals surface area (Å²) in [6.07, 6.45) is 6.00. The van der Waals surface area contributed by atoms with E-state index >= 15 is 0 Å². The third kappa shape index (κ3) is 5.46. The zero-order valence-corrected chi connectivity index (χ0v) is 9.92. The molecule has 0 spiro atoms. The minimum Gasteiger partial charge on any atom is -0.0955 e. The highest BCUT2D eigenvalue weighted by Crippen LogP contribution is 2.15. The highest BCUT2D eigenvalue weighted by Gasteiger charge is 1.95. The van der Waals surface area contributed by atoms with Gasteiger partial charge in [0.05, 0.1) is 0 Å². The molecule has 15 heavy (non-hydrogen) atoms. The summed E-state index contributed by atoms with van der Waals surface area (Å²) in [4.78, 5) is 0. The van der Waals surface area contributed by atoms with Crippen LogP contribution in [-0.4, -0.2) is 9.71 Å². The first-order valence-corrected chi connectivity index (χ1v) is 5.42. The molecule has 1 aliphatic rings. The molecule has 0 N–H and O–H groups in total. The first-order valence-electron chi connectivity index (χ1n) is 6.00. The van der Waals surface area contributed by atoms with E-state index in [-0.39, 0.29) is 0 Å². The SMILES string of the molecule is C1CCC1.C=C(C)c1ccc(C)cc1.[2H][B]. The van der Waals surface area contributed by atoms with E-state index in [1.807, 2.05) is 6.92 Å². The van der Waals surface area contributed by atoms with E-state index in [4.69, 9.17) is 1.34 Å². The normalized spacial score (nSPS) is 13.1. The molecule has 2 rings (SSSR count). The summed E-state index contributed by atoms with van der Waals surface area (Å²) in [6, 6.07) is 8.39. The Labute approximate surface area is 97.3 Å². The zero-order valence-electron chi connectivity index (χ0n) is 10.9. The van der Waals surface area contributed by atoms with Crippen LogP contribution in [0.3, 0.4) is 0 Å². The molecule has 1 aliphatic carbocycles. The summed E-state index contributed by atoms with van der Waals surface area (Å²) >= 11 is 0. The molecule has 0 nitrogen and oxygen atoms in total. The quantitative estimate of drug-likeness (QED) is 0.603. The van der Waals surface area contributed by atoms with Crippen LogP contribution < -0.4 is 0 Å². The van der Waals surface area contributed by atoms with Crippen molar-refractivity contribution in [2.75, 3.05) is 0 Å². The van der Waals surface area contributed by atoms with E-state index < -0.39 is 0 Å².